The molecule has 1 aromatic heterocycles. The van der Waals surface area contributed by atoms with E-state index in [2.05, 4.69) is 43.9 Å². The van der Waals surface area contributed by atoms with Crippen molar-refractivity contribution in [1.82, 2.24) is 8.68 Å². The maximum absolute atomic E-state index is 9.22. The maximum Gasteiger partial charge on any atom is 0.150 e. The Morgan fingerprint density at radius 3 is 2.58 bits per heavy atom. The minimum absolute atomic E-state index is 0.746. The third-order valence-corrected chi connectivity index (χ3v) is 6.12. The Kier molecular flexibility index (Phi) is 4.39. The Morgan fingerprint density at radius 2 is 1.75 bits per heavy atom. The molecule has 2 aromatic carbocycles. The molecule has 4 nitrogen and oxygen atoms in total. The van der Waals surface area contributed by atoms with Crippen LogP contribution in [0.3, 0.4) is 0 Å². The van der Waals surface area contributed by atoms with Crippen LogP contribution in [0.2, 0.25) is 0 Å². The Labute approximate surface area is 149 Å². The summed E-state index contributed by atoms with van der Waals surface area (Å²) in [5, 5.41) is 10.5. The fourth-order valence-electron chi connectivity index (χ4n) is 2.87. The van der Waals surface area contributed by atoms with E-state index < -0.39 is 0 Å². The van der Waals surface area contributed by atoms with E-state index in [1.807, 2.05) is 24.3 Å². The molecular weight excluding hydrogens is 336 g/mol. The number of nitrogens with zero attached hydrogens (tertiary/aromatic N) is 4. The third-order valence-electron chi connectivity index (χ3n) is 4.13. The molecule has 0 spiro atoms. The van der Waals surface area contributed by atoms with Gasteiger partial charge in [0.25, 0.3) is 0 Å². The molecule has 0 aliphatic carbocycles. The summed E-state index contributed by atoms with van der Waals surface area (Å²) < 4.78 is 8.23. The summed E-state index contributed by atoms with van der Waals surface area (Å²) >= 11 is 3.25. The SMILES string of the molecule is N#Cc1ccccc1SN1CCN(c2nsc3ccccc23)CC1. The highest BCUT2D eigenvalue weighted by Crippen LogP contribution is 2.32. The Bertz CT molecular complexity index is 891. The van der Waals surface area contributed by atoms with Gasteiger partial charge in [0, 0.05) is 36.5 Å². The van der Waals surface area contributed by atoms with Gasteiger partial charge in [-0.15, -0.1) is 0 Å². The predicted octanol–water partition coefficient (Wildman–Crippen LogP) is 4.00. The summed E-state index contributed by atoms with van der Waals surface area (Å²) in [4.78, 5) is 3.40. The number of benzene rings is 2. The molecule has 0 saturated carbocycles. The van der Waals surface area contributed by atoms with E-state index in [1.165, 1.54) is 10.1 Å². The van der Waals surface area contributed by atoms with Gasteiger partial charge in [-0.1, -0.05) is 24.3 Å². The molecule has 0 atom stereocenters. The van der Waals surface area contributed by atoms with Gasteiger partial charge >= 0.3 is 0 Å². The lowest BCUT2D eigenvalue weighted by molar-refractivity contribution is 0.429. The average Bonchev–Trinajstić information content (AvgIpc) is 3.07. The molecule has 6 heteroatoms. The summed E-state index contributed by atoms with van der Waals surface area (Å²) in [5.41, 5.74) is 0.746. The molecule has 1 aliphatic heterocycles. The number of hydrogen-bond acceptors (Lipinski definition) is 6. The summed E-state index contributed by atoms with van der Waals surface area (Å²) in [6.07, 6.45) is 0. The van der Waals surface area contributed by atoms with Crippen molar-refractivity contribution in [2.45, 2.75) is 4.90 Å². The number of hydrogen-bond donors (Lipinski definition) is 0. The van der Waals surface area contributed by atoms with E-state index in [9.17, 15) is 5.26 Å². The van der Waals surface area contributed by atoms with Crippen LogP contribution in [0.25, 0.3) is 10.1 Å². The van der Waals surface area contributed by atoms with Gasteiger partial charge in [-0.25, -0.2) is 4.31 Å². The molecule has 0 unspecified atom stereocenters. The van der Waals surface area contributed by atoms with E-state index in [0.29, 0.717) is 0 Å². The highest BCUT2D eigenvalue weighted by molar-refractivity contribution is 7.97. The molecule has 120 valence electrons. The zero-order valence-corrected chi connectivity index (χ0v) is 14.7. The van der Waals surface area contributed by atoms with Crippen LogP contribution < -0.4 is 4.90 Å². The van der Waals surface area contributed by atoms with Crippen molar-refractivity contribution in [3.05, 3.63) is 54.1 Å². The van der Waals surface area contributed by atoms with Gasteiger partial charge in [0.2, 0.25) is 0 Å². The Morgan fingerprint density at radius 1 is 1.00 bits per heavy atom. The number of anilines is 1. The van der Waals surface area contributed by atoms with Crippen molar-refractivity contribution in [2.24, 2.45) is 0 Å². The minimum atomic E-state index is 0.746. The molecule has 1 fully saturated rings. The molecule has 0 radical (unpaired) electrons. The largest absolute Gasteiger partial charge is 0.353 e. The summed E-state index contributed by atoms with van der Waals surface area (Å²) in [6, 6.07) is 18.5. The first-order valence-electron chi connectivity index (χ1n) is 7.86. The minimum Gasteiger partial charge on any atom is -0.353 e. The van der Waals surface area contributed by atoms with Crippen LogP contribution in [-0.4, -0.2) is 34.9 Å². The van der Waals surface area contributed by atoms with Crippen LogP contribution in [-0.2, 0) is 0 Å². The van der Waals surface area contributed by atoms with Crippen molar-refractivity contribution >= 4 is 39.4 Å². The number of aromatic nitrogens is 1. The van der Waals surface area contributed by atoms with Gasteiger partial charge in [-0.05, 0) is 47.7 Å². The van der Waals surface area contributed by atoms with Crippen LogP contribution in [0.1, 0.15) is 5.56 Å². The molecule has 2 heterocycles. The van der Waals surface area contributed by atoms with E-state index in [4.69, 9.17) is 0 Å². The second kappa shape index (κ2) is 6.81. The predicted molar refractivity (Wildman–Crippen MR) is 100 cm³/mol. The van der Waals surface area contributed by atoms with Crippen LogP contribution in [0.4, 0.5) is 5.82 Å². The van der Waals surface area contributed by atoms with Gasteiger partial charge in [-0.2, -0.15) is 9.64 Å². The first-order chi connectivity index (χ1) is 11.8. The van der Waals surface area contributed by atoms with Crippen molar-refractivity contribution in [3.63, 3.8) is 0 Å². The van der Waals surface area contributed by atoms with E-state index in [-0.39, 0.29) is 0 Å². The second-order valence-corrected chi connectivity index (χ2v) is 7.56. The number of rotatable bonds is 3. The average molecular weight is 352 g/mol. The monoisotopic (exact) mass is 352 g/mol. The van der Waals surface area contributed by atoms with Crippen molar-refractivity contribution in [3.8, 4) is 6.07 Å². The molecule has 4 rings (SSSR count). The zero-order valence-electron chi connectivity index (χ0n) is 13.1. The van der Waals surface area contributed by atoms with E-state index >= 15 is 0 Å². The van der Waals surface area contributed by atoms with Crippen molar-refractivity contribution in [1.29, 1.82) is 5.26 Å². The molecule has 3 aromatic rings. The molecular formula is C18H16N4S2. The molecule has 0 amide bonds. The molecule has 24 heavy (non-hydrogen) atoms. The highest BCUT2D eigenvalue weighted by atomic mass is 32.2. The fourth-order valence-corrected chi connectivity index (χ4v) is 4.64. The van der Waals surface area contributed by atoms with Crippen molar-refractivity contribution < 1.29 is 0 Å². The first-order valence-corrected chi connectivity index (χ1v) is 9.41. The smallest absolute Gasteiger partial charge is 0.150 e. The Hall–Kier alpha value is -2.07. The maximum atomic E-state index is 9.22. The van der Waals surface area contributed by atoms with Gasteiger partial charge in [-0.3, -0.25) is 0 Å². The molecule has 1 saturated heterocycles. The summed E-state index contributed by atoms with van der Waals surface area (Å²) in [6.45, 7) is 3.82. The molecule has 1 aliphatic rings. The highest BCUT2D eigenvalue weighted by Gasteiger charge is 2.21. The van der Waals surface area contributed by atoms with E-state index in [0.717, 1.165) is 42.5 Å². The summed E-state index contributed by atoms with van der Waals surface area (Å²) in [7, 11) is 0. The van der Waals surface area contributed by atoms with Gasteiger partial charge < -0.3 is 4.90 Å². The normalized spacial score (nSPS) is 15.5. The third kappa shape index (κ3) is 2.98. The number of fused-ring (bicyclic) bond motifs is 1. The van der Waals surface area contributed by atoms with Crippen LogP contribution >= 0.6 is 23.5 Å². The topological polar surface area (TPSA) is 43.2 Å². The lowest BCUT2D eigenvalue weighted by Crippen LogP contribution is -2.43. The number of nitriles is 1. The van der Waals surface area contributed by atoms with Crippen LogP contribution in [0, 0.1) is 11.3 Å². The van der Waals surface area contributed by atoms with Crippen molar-refractivity contribution in [2.75, 3.05) is 31.1 Å². The fraction of sp³-hybridized carbons (Fsp3) is 0.222. The Balaban J connectivity index is 1.45. The second-order valence-electron chi connectivity index (χ2n) is 5.62. The first kappa shape index (κ1) is 15.5. The lowest BCUT2D eigenvalue weighted by Gasteiger charge is -2.34. The summed E-state index contributed by atoms with van der Waals surface area (Å²) in [5.74, 6) is 1.11. The van der Waals surface area contributed by atoms with Crippen LogP contribution in [0.15, 0.2) is 53.4 Å². The standard InChI is InChI=1S/C18H16N4S2/c19-13-14-5-1-3-7-16(14)24-22-11-9-21(10-12-22)18-15-6-2-4-8-17(15)23-20-18/h1-8H,9-12H2. The number of piperazine rings is 1. The van der Waals surface area contributed by atoms with Gasteiger partial charge in [0.15, 0.2) is 0 Å². The van der Waals surface area contributed by atoms with E-state index in [1.54, 1.807) is 23.5 Å². The molecule has 0 N–H and O–H groups in total. The molecule has 0 bridgehead atoms. The zero-order chi connectivity index (χ0) is 16.4. The van der Waals surface area contributed by atoms with Crippen LogP contribution in [0.5, 0.6) is 0 Å². The van der Waals surface area contributed by atoms with Gasteiger partial charge in [0.1, 0.15) is 11.9 Å². The quantitative estimate of drug-likeness (QED) is 0.667. The van der Waals surface area contributed by atoms with Gasteiger partial charge in [0.05, 0.1) is 10.3 Å². The lowest BCUT2D eigenvalue weighted by atomic mass is 10.2.